The number of halogens is 2. The van der Waals surface area contributed by atoms with Crippen LogP contribution in [0, 0.1) is 0 Å². The molecule has 1 aliphatic rings. The third-order valence-corrected chi connectivity index (χ3v) is 6.18. The molecule has 1 heterocycles. The smallest absolute Gasteiger partial charge is 0.111 e. The highest BCUT2D eigenvalue weighted by Gasteiger charge is 2.29. The van der Waals surface area contributed by atoms with Crippen LogP contribution < -0.4 is 0 Å². The molecule has 0 bridgehead atoms. The van der Waals surface area contributed by atoms with Crippen molar-refractivity contribution in [3.8, 4) is 0 Å². The van der Waals surface area contributed by atoms with Crippen molar-refractivity contribution in [2.45, 2.75) is 43.4 Å². The highest BCUT2D eigenvalue weighted by atomic mass is 79.9. The molecule has 0 aliphatic heterocycles. The predicted octanol–water partition coefficient (Wildman–Crippen LogP) is 5.43. The van der Waals surface area contributed by atoms with Crippen LogP contribution in [0.3, 0.4) is 0 Å². The summed E-state index contributed by atoms with van der Waals surface area (Å²) in [6.45, 7) is 0. The van der Waals surface area contributed by atoms with Gasteiger partial charge in [0.15, 0.2) is 0 Å². The molecule has 0 N–H and O–H groups in total. The van der Waals surface area contributed by atoms with E-state index in [1.165, 1.54) is 31.2 Å². The number of aryl methyl sites for hydroxylation is 1. The molecule has 2 unspecified atom stereocenters. The van der Waals surface area contributed by atoms with Gasteiger partial charge in [0.2, 0.25) is 0 Å². The van der Waals surface area contributed by atoms with E-state index < -0.39 is 0 Å². The maximum atomic E-state index is 6.01. The van der Waals surface area contributed by atoms with E-state index >= 15 is 0 Å². The maximum Gasteiger partial charge on any atom is 0.111 e. The van der Waals surface area contributed by atoms with Gasteiger partial charge in [0.25, 0.3) is 0 Å². The fourth-order valence-corrected chi connectivity index (χ4v) is 4.89. The SMILES string of the molecule is CSC1CCCCC1n1c(CCCl)nc2ccc(Br)cc21. The van der Waals surface area contributed by atoms with E-state index in [0.717, 1.165) is 22.2 Å². The number of benzene rings is 1. The molecule has 3 rings (SSSR count). The van der Waals surface area contributed by atoms with Crippen LogP contribution >= 0.6 is 39.3 Å². The maximum absolute atomic E-state index is 6.01. The summed E-state index contributed by atoms with van der Waals surface area (Å²) in [7, 11) is 0. The minimum atomic E-state index is 0.547. The lowest BCUT2D eigenvalue weighted by Crippen LogP contribution is -2.26. The topological polar surface area (TPSA) is 17.8 Å². The predicted molar refractivity (Wildman–Crippen MR) is 96.7 cm³/mol. The number of fused-ring (bicyclic) bond motifs is 1. The average Bonchev–Trinajstić information content (AvgIpc) is 2.84. The number of alkyl halides is 1. The lowest BCUT2D eigenvalue weighted by molar-refractivity contribution is 0.364. The summed E-state index contributed by atoms with van der Waals surface area (Å²) in [6, 6.07) is 6.92. The normalized spacial score (nSPS) is 22.8. The molecule has 1 saturated carbocycles. The molecule has 1 aromatic carbocycles. The van der Waals surface area contributed by atoms with Crippen LogP contribution in [-0.4, -0.2) is 26.9 Å². The Morgan fingerprint density at radius 3 is 2.95 bits per heavy atom. The van der Waals surface area contributed by atoms with E-state index in [2.05, 4.69) is 45.0 Å². The number of aromatic nitrogens is 2. The summed E-state index contributed by atoms with van der Waals surface area (Å²) in [4.78, 5) is 4.84. The van der Waals surface area contributed by atoms with E-state index in [1.54, 1.807) is 0 Å². The standard InChI is InChI=1S/C16H20BrClN2S/c1-21-15-5-3-2-4-13(15)20-14-10-11(17)6-7-12(14)19-16(20)8-9-18/h6-7,10,13,15H,2-5,8-9H2,1H3. The molecule has 1 aliphatic carbocycles. The van der Waals surface area contributed by atoms with Gasteiger partial charge in [-0.25, -0.2) is 4.98 Å². The molecule has 0 spiro atoms. The third kappa shape index (κ3) is 3.13. The van der Waals surface area contributed by atoms with Gasteiger partial charge >= 0.3 is 0 Å². The summed E-state index contributed by atoms with van der Waals surface area (Å²) in [5.74, 6) is 1.77. The highest BCUT2D eigenvalue weighted by Crippen LogP contribution is 2.38. The fourth-order valence-electron chi connectivity index (χ4n) is 3.39. The molecular weight excluding hydrogens is 368 g/mol. The molecule has 1 fully saturated rings. The van der Waals surface area contributed by atoms with E-state index in [0.29, 0.717) is 17.2 Å². The monoisotopic (exact) mass is 386 g/mol. The molecule has 5 heteroatoms. The van der Waals surface area contributed by atoms with Crippen LogP contribution in [0.1, 0.15) is 37.5 Å². The largest absolute Gasteiger partial charge is 0.324 e. The molecule has 2 aromatic rings. The highest BCUT2D eigenvalue weighted by molar-refractivity contribution is 9.10. The zero-order valence-corrected chi connectivity index (χ0v) is 15.3. The van der Waals surface area contributed by atoms with Gasteiger partial charge in [-0.2, -0.15) is 11.8 Å². The van der Waals surface area contributed by atoms with Crippen LogP contribution in [-0.2, 0) is 6.42 Å². The number of rotatable bonds is 4. The van der Waals surface area contributed by atoms with Crippen molar-refractivity contribution in [1.82, 2.24) is 9.55 Å². The van der Waals surface area contributed by atoms with Crippen LogP contribution in [0.25, 0.3) is 11.0 Å². The second-order valence-electron chi connectivity index (χ2n) is 5.60. The Kier molecular flexibility index (Phi) is 5.18. The minimum absolute atomic E-state index is 0.547. The Bertz CT molecular complexity index is 628. The number of thioether (sulfide) groups is 1. The number of imidazole rings is 1. The van der Waals surface area contributed by atoms with Crippen LogP contribution in [0.15, 0.2) is 22.7 Å². The van der Waals surface area contributed by atoms with Gasteiger partial charge in [-0.3, -0.25) is 0 Å². The lowest BCUT2D eigenvalue weighted by atomic mass is 9.94. The first-order valence-corrected chi connectivity index (χ1v) is 10.1. The first kappa shape index (κ1) is 15.7. The van der Waals surface area contributed by atoms with Gasteiger partial charge in [-0.1, -0.05) is 28.8 Å². The van der Waals surface area contributed by atoms with Crippen molar-refractivity contribution in [2.75, 3.05) is 12.1 Å². The molecule has 0 saturated heterocycles. The summed E-state index contributed by atoms with van der Waals surface area (Å²) in [5.41, 5.74) is 2.33. The molecule has 21 heavy (non-hydrogen) atoms. The minimum Gasteiger partial charge on any atom is -0.324 e. The molecule has 2 nitrogen and oxygen atoms in total. The van der Waals surface area contributed by atoms with Crippen molar-refractivity contribution >= 4 is 50.3 Å². The molecule has 0 amide bonds. The van der Waals surface area contributed by atoms with E-state index in [9.17, 15) is 0 Å². The van der Waals surface area contributed by atoms with Gasteiger partial charge in [0.05, 0.1) is 11.0 Å². The van der Waals surface area contributed by atoms with E-state index in [-0.39, 0.29) is 0 Å². The first-order chi connectivity index (χ1) is 10.2. The molecule has 2 atom stereocenters. The van der Waals surface area contributed by atoms with Gasteiger partial charge in [0.1, 0.15) is 5.82 Å². The lowest BCUT2D eigenvalue weighted by Gasteiger charge is -2.33. The van der Waals surface area contributed by atoms with Crippen molar-refractivity contribution < 1.29 is 0 Å². The van der Waals surface area contributed by atoms with Crippen molar-refractivity contribution in [3.63, 3.8) is 0 Å². The third-order valence-electron chi connectivity index (χ3n) is 4.34. The second kappa shape index (κ2) is 6.93. The summed E-state index contributed by atoms with van der Waals surface area (Å²) in [6.07, 6.45) is 8.29. The first-order valence-electron chi connectivity index (χ1n) is 7.49. The number of hydrogen-bond donors (Lipinski definition) is 0. The quantitative estimate of drug-likeness (QED) is 0.651. The van der Waals surface area contributed by atoms with Gasteiger partial charge in [0, 0.05) is 28.1 Å². The molecule has 1 aromatic heterocycles. The van der Waals surface area contributed by atoms with Crippen molar-refractivity contribution in [3.05, 3.63) is 28.5 Å². The Hall–Kier alpha value is -0.190. The Labute approximate surface area is 143 Å². The second-order valence-corrected chi connectivity index (χ2v) is 7.97. The molecule has 0 radical (unpaired) electrons. The Morgan fingerprint density at radius 2 is 2.19 bits per heavy atom. The van der Waals surface area contributed by atoms with Crippen molar-refractivity contribution in [1.29, 1.82) is 0 Å². The van der Waals surface area contributed by atoms with E-state index in [1.807, 2.05) is 11.8 Å². The fraction of sp³-hybridized carbons (Fsp3) is 0.562. The Morgan fingerprint density at radius 1 is 1.38 bits per heavy atom. The van der Waals surface area contributed by atoms with Crippen LogP contribution in [0.4, 0.5) is 0 Å². The summed E-state index contributed by atoms with van der Waals surface area (Å²) < 4.78 is 3.59. The Balaban J connectivity index is 2.13. The zero-order valence-electron chi connectivity index (χ0n) is 12.2. The molecule has 114 valence electrons. The van der Waals surface area contributed by atoms with Gasteiger partial charge in [-0.15, -0.1) is 11.6 Å². The van der Waals surface area contributed by atoms with Crippen LogP contribution in [0.5, 0.6) is 0 Å². The van der Waals surface area contributed by atoms with Crippen molar-refractivity contribution in [2.24, 2.45) is 0 Å². The number of nitrogens with zero attached hydrogens (tertiary/aromatic N) is 2. The molecular formula is C16H20BrClN2S. The van der Waals surface area contributed by atoms with Crippen LogP contribution in [0.2, 0.25) is 0 Å². The van der Waals surface area contributed by atoms with Gasteiger partial charge in [-0.05, 0) is 37.3 Å². The number of hydrogen-bond acceptors (Lipinski definition) is 2. The average molecular weight is 388 g/mol. The van der Waals surface area contributed by atoms with E-state index in [4.69, 9.17) is 16.6 Å². The summed E-state index contributed by atoms with van der Waals surface area (Å²) in [5, 5.41) is 0.684. The zero-order chi connectivity index (χ0) is 14.8. The summed E-state index contributed by atoms with van der Waals surface area (Å²) >= 11 is 11.6. The van der Waals surface area contributed by atoms with Gasteiger partial charge < -0.3 is 4.57 Å².